The van der Waals surface area contributed by atoms with Crippen molar-refractivity contribution >= 4 is 23.1 Å². The van der Waals surface area contributed by atoms with Crippen LogP contribution in [0.4, 0.5) is 13.2 Å². The molecule has 6 heteroatoms. The molecule has 0 aliphatic rings. The van der Waals surface area contributed by atoms with Crippen molar-refractivity contribution in [2.45, 2.75) is 18.3 Å². The van der Waals surface area contributed by atoms with E-state index in [0.717, 1.165) is 5.01 Å². The molecule has 0 aliphatic carbocycles. The summed E-state index contributed by atoms with van der Waals surface area (Å²) in [5.41, 5.74) is 0.548. The van der Waals surface area contributed by atoms with E-state index in [4.69, 9.17) is 6.42 Å². The van der Waals surface area contributed by atoms with Crippen LogP contribution >= 0.6 is 23.1 Å². The predicted molar refractivity (Wildman–Crippen MR) is 56.9 cm³/mol. The van der Waals surface area contributed by atoms with Gasteiger partial charge in [0.15, 0.2) is 0 Å². The first-order valence-corrected chi connectivity index (χ1v) is 6.10. The Hall–Kier alpha value is -0.670. The lowest BCUT2D eigenvalue weighted by molar-refractivity contribution is -0.129. The van der Waals surface area contributed by atoms with Crippen molar-refractivity contribution in [1.29, 1.82) is 0 Å². The van der Waals surface area contributed by atoms with Gasteiger partial charge in [0.2, 0.25) is 0 Å². The van der Waals surface area contributed by atoms with Crippen LogP contribution < -0.4 is 0 Å². The number of thioether (sulfide) groups is 1. The quantitative estimate of drug-likeness (QED) is 0.601. The van der Waals surface area contributed by atoms with E-state index < -0.39 is 12.6 Å². The molecular weight excluding hydrogens is 243 g/mol. The first-order valence-electron chi connectivity index (χ1n) is 4.07. The number of alkyl halides is 3. The molecule has 0 bridgehead atoms. The van der Waals surface area contributed by atoms with Crippen molar-refractivity contribution in [3.8, 4) is 12.3 Å². The standard InChI is InChI=1S/C9H8F3NS2/c1-2-7-5-15-8(13-7)6-14-4-3-9(10,11)12/h1,5H,3-4,6H2. The molecular formula is C9H8F3NS2. The van der Waals surface area contributed by atoms with E-state index in [-0.39, 0.29) is 5.75 Å². The highest BCUT2D eigenvalue weighted by Crippen LogP contribution is 2.24. The first kappa shape index (κ1) is 12.4. The fraction of sp³-hybridized carbons (Fsp3) is 0.444. The minimum Gasteiger partial charge on any atom is -0.232 e. The van der Waals surface area contributed by atoms with Crippen LogP contribution in [0.5, 0.6) is 0 Å². The van der Waals surface area contributed by atoms with Gasteiger partial charge in [-0.1, -0.05) is 0 Å². The van der Waals surface area contributed by atoms with Crippen LogP contribution in [0, 0.1) is 12.3 Å². The Morgan fingerprint density at radius 1 is 1.53 bits per heavy atom. The molecule has 0 aliphatic heterocycles. The van der Waals surface area contributed by atoms with Crippen molar-refractivity contribution in [2.24, 2.45) is 0 Å². The maximum absolute atomic E-state index is 11.8. The summed E-state index contributed by atoms with van der Waals surface area (Å²) in [6, 6.07) is 0. The minimum absolute atomic E-state index is 0.0640. The molecule has 1 heterocycles. The second kappa shape index (κ2) is 5.42. The molecule has 82 valence electrons. The van der Waals surface area contributed by atoms with Crippen LogP contribution in [0.1, 0.15) is 17.1 Å². The number of terminal acetylenes is 1. The number of hydrogen-bond donors (Lipinski definition) is 0. The van der Waals surface area contributed by atoms with Gasteiger partial charge in [-0.15, -0.1) is 17.8 Å². The van der Waals surface area contributed by atoms with Crippen LogP contribution in [-0.4, -0.2) is 16.9 Å². The highest BCUT2D eigenvalue weighted by Gasteiger charge is 2.26. The molecule has 0 amide bonds. The maximum atomic E-state index is 11.8. The summed E-state index contributed by atoms with van der Waals surface area (Å²) in [6.45, 7) is 0. The minimum atomic E-state index is -4.07. The fourth-order valence-corrected chi connectivity index (χ4v) is 2.59. The molecule has 0 unspecified atom stereocenters. The van der Waals surface area contributed by atoms with E-state index >= 15 is 0 Å². The Kier molecular flexibility index (Phi) is 4.48. The maximum Gasteiger partial charge on any atom is 0.389 e. The van der Waals surface area contributed by atoms with E-state index in [1.807, 2.05) is 0 Å². The summed E-state index contributed by atoms with van der Waals surface area (Å²) in [6.07, 6.45) is 0.285. The SMILES string of the molecule is C#Cc1csc(CSCCC(F)(F)F)n1. The van der Waals surface area contributed by atoms with Crippen molar-refractivity contribution in [2.75, 3.05) is 5.75 Å². The largest absolute Gasteiger partial charge is 0.389 e. The van der Waals surface area contributed by atoms with Gasteiger partial charge in [-0.25, -0.2) is 4.98 Å². The third kappa shape index (κ3) is 5.09. The zero-order chi connectivity index (χ0) is 11.3. The lowest BCUT2D eigenvalue weighted by Crippen LogP contribution is -2.08. The molecule has 15 heavy (non-hydrogen) atoms. The molecule has 0 fully saturated rings. The second-order valence-electron chi connectivity index (χ2n) is 2.69. The Morgan fingerprint density at radius 3 is 2.80 bits per heavy atom. The van der Waals surface area contributed by atoms with Gasteiger partial charge in [-0.2, -0.15) is 24.9 Å². The van der Waals surface area contributed by atoms with Gasteiger partial charge in [0.1, 0.15) is 10.7 Å². The molecule has 0 aromatic carbocycles. The molecule has 0 N–H and O–H groups in total. The third-order valence-corrected chi connectivity index (χ3v) is 3.46. The van der Waals surface area contributed by atoms with E-state index in [1.165, 1.54) is 23.1 Å². The lowest BCUT2D eigenvalue weighted by Gasteiger charge is -2.04. The van der Waals surface area contributed by atoms with Crippen molar-refractivity contribution in [1.82, 2.24) is 4.98 Å². The average Bonchev–Trinajstić information content (AvgIpc) is 2.59. The first-order chi connectivity index (χ1) is 7.01. The smallest absolute Gasteiger partial charge is 0.232 e. The normalized spacial score (nSPS) is 11.3. The summed E-state index contributed by atoms with van der Waals surface area (Å²) in [7, 11) is 0. The predicted octanol–water partition coefficient (Wildman–Crippen LogP) is 3.31. The van der Waals surface area contributed by atoms with Gasteiger partial charge in [0, 0.05) is 16.9 Å². The number of hydrogen-bond acceptors (Lipinski definition) is 3. The van der Waals surface area contributed by atoms with Crippen molar-refractivity contribution < 1.29 is 13.2 Å². The van der Waals surface area contributed by atoms with Crippen LogP contribution in [0.3, 0.4) is 0 Å². The second-order valence-corrected chi connectivity index (χ2v) is 4.74. The molecule has 0 saturated carbocycles. The summed E-state index contributed by atoms with van der Waals surface area (Å²) in [4.78, 5) is 4.04. The van der Waals surface area contributed by atoms with Crippen LogP contribution in [0.15, 0.2) is 5.38 Å². The van der Waals surface area contributed by atoms with Crippen molar-refractivity contribution in [3.05, 3.63) is 16.1 Å². The molecule has 0 radical (unpaired) electrons. The summed E-state index contributed by atoms with van der Waals surface area (Å²) >= 11 is 2.59. The zero-order valence-corrected chi connectivity index (χ0v) is 9.31. The summed E-state index contributed by atoms with van der Waals surface area (Å²) in [5.74, 6) is 2.92. The molecule has 1 aromatic rings. The van der Waals surface area contributed by atoms with Crippen LogP contribution in [0.25, 0.3) is 0 Å². The van der Waals surface area contributed by atoms with Gasteiger partial charge in [0.25, 0.3) is 0 Å². The van der Waals surface area contributed by atoms with Gasteiger partial charge in [-0.05, 0) is 5.92 Å². The molecule has 0 saturated heterocycles. The number of halogens is 3. The highest BCUT2D eigenvalue weighted by molar-refractivity contribution is 7.98. The summed E-state index contributed by atoms with van der Waals surface area (Å²) in [5, 5.41) is 2.50. The molecule has 0 atom stereocenters. The van der Waals surface area contributed by atoms with Crippen molar-refractivity contribution in [3.63, 3.8) is 0 Å². The molecule has 0 spiro atoms. The molecule has 1 rings (SSSR count). The number of nitrogens with zero attached hydrogens (tertiary/aromatic N) is 1. The molecule has 1 nitrogen and oxygen atoms in total. The lowest BCUT2D eigenvalue weighted by atomic mass is 10.5. The van der Waals surface area contributed by atoms with Gasteiger partial charge < -0.3 is 0 Å². The number of rotatable bonds is 4. The number of thiazole rings is 1. The third-order valence-electron chi connectivity index (χ3n) is 1.46. The molecule has 1 aromatic heterocycles. The average molecular weight is 251 g/mol. The Bertz CT molecular complexity index is 351. The highest BCUT2D eigenvalue weighted by atomic mass is 32.2. The Balaban J connectivity index is 2.24. The van der Waals surface area contributed by atoms with E-state index in [2.05, 4.69) is 10.9 Å². The number of aromatic nitrogens is 1. The van der Waals surface area contributed by atoms with Gasteiger partial charge in [-0.3, -0.25) is 0 Å². The van der Waals surface area contributed by atoms with Gasteiger partial charge >= 0.3 is 6.18 Å². The Morgan fingerprint density at radius 2 is 2.27 bits per heavy atom. The fourth-order valence-electron chi connectivity index (χ4n) is 0.791. The van der Waals surface area contributed by atoms with Crippen LogP contribution in [-0.2, 0) is 5.75 Å². The van der Waals surface area contributed by atoms with E-state index in [0.29, 0.717) is 11.4 Å². The van der Waals surface area contributed by atoms with E-state index in [9.17, 15) is 13.2 Å². The Labute approximate surface area is 94.1 Å². The van der Waals surface area contributed by atoms with E-state index in [1.54, 1.807) is 5.38 Å². The monoisotopic (exact) mass is 251 g/mol. The topological polar surface area (TPSA) is 12.9 Å². The summed E-state index contributed by atoms with van der Waals surface area (Å²) < 4.78 is 35.4. The zero-order valence-electron chi connectivity index (χ0n) is 7.67. The van der Waals surface area contributed by atoms with Crippen LogP contribution in [0.2, 0.25) is 0 Å². The van der Waals surface area contributed by atoms with Gasteiger partial charge in [0.05, 0.1) is 6.42 Å².